The van der Waals surface area contributed by atoms with Crippen molar-refractivity contribution in [1.82, 2.24) is 4.90 Å². The van der Waals surface area contributed by atoms with Gasteiger partial charge in [-0.25, -0.2) is 0 Å². The summed E-state index contributed by atoms with van der Waals surface area (Å²) in [6.07, 6.45) is 5.64. The average Bonchev–Trinajstić information content (AvgIpc) is 2.94. The molecule has 1 amide bonds. The highest BCUT2D eigenvalue weighted by Gasteiger charge is 2.38. The van der Waals surface area contributed by atoms with Crippen LogP contribution in [-0.2, 0) is 4.79 Å². The summed E-state index contributed by atoms with van der Waals surface area (Å²) in [6.45, 7) is 0.807. The van der Waals surface area contributed by atoms with Crippen molar-refractivity contribution in [2.75, 3.05) is 6.54 Å². The topological polar surface area (TPSA) is 66.6 Å². The summed E-state index contributed by atoms with van der Waals surface area (Å²) >= 11 is 0. The van der Waals surface area contributed by atoms with Gasteiger partial charge in [-0.2, -0.15) is 0 Å². The first-order chi connectivity index (χ1) is 10.6. The summed E-state index contributed by atoms with van der Waals surface area (Å²) in [5, 5.41) is 10.4. The molecule has 1 saturated carbocycles. The number of nitrogens with two attached hydrogens (primary N) is 1. The third-order valence-electron chi connectivity index (χ3n) is 5.23. The van der Waals surface area contributed by atoms with Crippen LogP contribution in [0.4, 0.5) is 0 Å². The summed E-state index contributed by atoms with van der Waals surface area (Å²) in [5.41, 5.74) is 6.88. The van der Waals surface area contributed by atoms with E-state index in [1.807, 2.05) is 35.2 Å². The van der Waals surface area contributed by atoms with Crippen LogP contribution in [0.5, 0.6) is 0 Å². The van der Waals surface area contributed by atoms with Crippen LogP contribution in [0.3, 0.4) is 0 Å². The van der Waals surface area contributed by atoms with Gasteiger partial charge in [0.05, 0.1) is 6.10 Å². The number of benzene rings is 1. The zero-order valence-electron chi connectivity index (χ0n) is 13.5. The van der Waals surface area contributed by atoms with Crippen molar-refractivity contribution in [1.29, 1.82) is 0 Å². The Bertz CT molecular complexity index is 519. The third kappa shape index (κ3) is 4.25. The second kappa shape index (κ2) is 7.65. The van der Waals surface area contributed by atoms with Crippen molar-refractivity contribution in [3.05, 3.63) is 35.9 Å². The second-order valence-corrected chi connectivity index (χ2v) is 6.94. The summed E-state index contributed by atoms with van der Waals surface area (Å²) in [4.78, 5) is 14.5. The molecule has 5 heteroatoms. The zero-order valence-corrected chi connectivity index (χ0v) is 14.3. The van der Waals surface area contributed by atoms with E-state index in [0.29, 0.717) is 12.8 Å². The number of carbonyl (C=O) groups is 1. The first-order valence-electron chi connectivity index (χ1n) is 8.39. The molecule has 1 aromatic carbocycles. The van der Waals surface area contributed by atoms with Crippen molar-refractivity contribution >= 4 is 18.3 Å². The molecule has 0 bridgehead atoms. The molecule has 2 fully saturated rings. The molecule has 1 aliphatic carbocycles. The lowest BCUT2D eigenvalue weighted by Crippen LogP contribution is -2.51. The number of carbonyl (C=O) groups excluding carboxylic acids is 1. The van der Waals surface area contributed by atoms with Crippen LogP contribution in [0, 0.1) is 0 Å². The van der Waals surface area contributed by atoms with E-state index in [1.54, 1.807) is 0 Å². The molecule has 23 heavy (non-hydrogen) atoms. The quantitative estimate of drug-likeness (QED) is 0.867. The number of nitrogens with zero attached hydrogens (tertiary/aromatic N) is 1. The first-order valence-corrected chi connectivity index (χ1v) is 8.39. The van der Waals surface area contributed by atoms with Crippen LogP contribution in [0.1, 0.15) is 56.6 Å². The third-order valence-corrected chi connectivity index (χ3v) is 5.23. The van der Waals surface area contributed by atoms with Crippen molar-refractivity contribution < 1.29 is 9.90 Å². The number of hydrogen-bond donors (Lipinski definition) is 2. The smallest absolute Gasteiger partial charge is 0.224 e. The SMILES string of the molecule is Cl.NC1(CC(=O)N2CCCC2CC(O)c2ccccc2)CCC1. The van der Waals surface area contributed by atoms with Gasteiger partial charge < -0.3 is 15.7 Å². The fraction of sp³-hybridized carbons (Fsp3) is 0.611. The molecule has 1 aromatic rings. The fourth-order valence-corrected chi connectivity index (χ4v) is 3.69. The number of aliphatic hydroxyl groups excluding tert-OH is 1. The highest BCUT2D eigenvalue weighted by atomic mass is 35.5. The molecule has 3 rings (SSSR count). The number of amides is 1. The van der Waals surface area contributed by atoms with Gasteiger partial charge in [0, 0.05) is 24.5 Å². The molecule has 0 radical (unpaired) electrons. The van der Waals surface area contributed by atoms with Crippen molar-refractivity contribution in [2.45, 2.75) is 62.6 Å². The lowest BCUT2D eigenvalue weighted by molar-refractivity contribution is -0.134. The first kappa shape index (κ1) is 18.2. The summed E-state index contributed by atoms with van der Waals surface area (Å²) < 4.78 is 0. The van der Waals surface area contributed by atoms with Gasteiger partial charge in [0.15, 0.2) is 0 Å². The Balaban J connectivity index is 0.00000192. The van der Waals surface area contributed by atoms with E-state index >= 15 is 0 Å². The van der Waals surface area contributed by atoms with Gasteiger partial charge in [-0.15, -0.1) is 12.4 Å². The van der Waals surface area contributed by atoms with E-state index in [0.717, 1.165) is 44.2 Å². The Morgan fingerprint density at radius 2 is 2.00 bits per heavy atom. The predicted molar refractivity (Wildman–Crippen MR) is 93.4 cm³/mol. The Kier molecular flexibility index (Phi) is 6.06. The van der Waals surface area contributed by atoms with E-state index in [2.05, 4.69) is 0 Å². The van der Waals surface area contributed by atoms with E-state index in [1.165, 1.54) is 0 Å². The van der Waals surface area contributed by atoms with Gasteiger partial charge in [-0.3, -0.25) is 4.79 Å². The molecular formula is C18H27ClN2O2. The number of halogens is 1. The summed E-state index contributed by atoms with van der Waals surface area (Å²) in [7, 11) is 0. The van der Waals surface area contributed by atoms with Crippen molar-refractivity contribution in [3.63, 3.8) is 0 Å². The van der Waals surface area contributed by atoms with Gasteiger partial charge in [-0.1, -0.05) is 30.3 Å². The molecule has 0 spiro atoms. The van der Waals surface area contributed by atoms with Crippen molar-refractivity contribution in [3.8, 4) is 0 Å². The Hall–Kier alpha value is -1.10. The van der Waals surface area contributed by atoms with E-state index in [9.17, 15) is 9.90 Å². The highest BCUT2D eigenvalue weighted by Crippen LogP contribution is 2.34. The van der Waals surface area contributed by atoms with Crippen LogP contribution in [0.25, 0.3) is 0 Å². The number of likely N-dealkylation sites (tertiary alicyclic amines) is 1. The van der Waals surface area contributed by atoms with Gasteiger partial charge in [0.2, 0.25) is 5.91 Å². The maximum absolute atomic E-state index is 12.5. The van der Waals surface area contributed by atoms with Gasteiger partial charge in [0.1, 0.15) is 0 Å². The minimum Gasteiger partial charge on any atom is -0.388 e. The van der Waals surface area contributed by atoms with Crippen LogP contribution < -0.4 is 5.73 Å². The molecule has 3 N–H and O–H groups in total. The lowest BCUT2D eigenvalue weighted by Gasteiger charge is -2.39. The lowest BCUT2D eigenvalue weighted by atomic mass is 9.75. The van der Waals surface area contributed by atoms with E-state index in [-0.39, 0.29) is 29.9 Å². The molecule has 1 aliphatic heterocycles. The standard InChI is InChI=1S/C18H26N2O2.ClH/c19-18(9-5-10-18)13-17(22)20-11-4-8-15(20)12-16(21)14-6-2-1-3-7-14;/h1-3,6-7,15-16,21H,4-5,8-13,19H2;1H. The number of hydrogen-bond acceptors (Lipinski definition) is 3. The Labute approximate surface area is 144 Å². The summed E-state index contributed by atoms with van der Waals surface area (Å²) in [6, 6.07) is 9.84. The maximum Gasteiger partial charge on any atom is 0.224 e. The second-order valence-electron chi connectivity index (χ2n) is 6.94. The molecule has 4 nitrogen and oxygen atoms in total. The fourth-order valence-electron chi connectivity index (χ4n) is 3.69. The molecule has 2 unspecified atom stereocenters. The van der Waals surface area contributed by atoms with Crippen LogP contribution in [0.15, 0.2) is 30.3 Å². The molecule has 2 aliphatic rings. The average molecular weight is 339 g/mol. The predicted octanol–water partition coefficient (Wildman–Crippen LogP) is 2.79. The monoisotopic (exact) mass is 338 g/mol. The van der Waals surface area contributed by atoms with Crippen molar-refractivity contribution in [2.24, 2.45) is 5.73 Å². The zero-order chi connectivity index (χ0) is 15.6. The van der Waals surface area contributed by atoms with Crippen LogP contribution in [0.2, 0.25) is 0 Å². The van der Waals surface area contributed by atoms with Gasteiger partial charge >= 0.3 is 0 Å². The minimum absolute atomic E-state index is 0. The van der Waals surface area contributed by atoms with Crippen LogP contribution >= 0.6 is 12.4 Å². The number of aliphatic hydroxyl groups is 1. The largest absolute Gasteiger partial charge is 0.388 e. The molecule has 128 valence electrons. The molecular weight excluding hydrogens is 312 g/mol. The van der Waals surface area contributed by atoms with E-state index in [4.69, 9.17) is 5.73 Å². The molecule has 2 atom stereocenters. The molecule has 0 aromatic heterocycles. The normalized spacial score (nSPS) is 23.7. The van der Waals surface area contributed by atoms with Crippen LogP contribution in [-0.4, -0.2) is 34.0 Å². The van der Waals surface area contributed by atoms with E-state index < -0.39 is 6.10 Å². The Morgan fingerprint density at radius 3 is 2.61 bits per heavy atom. The maximum atomic E-state index is 12.5. The minimum atomic E-state index is -0.505. The van der Waals surface area contributed by atoms with Gasteiger partial charge in [-0.05, 0) is 44.1 Å². The molecule has 1 heterocycles. The highest BCUT2D eigenvalue weighted by molar-refractivity contribution is 5.85. The molecule has 1 saturated heterocycles. The number of rotatable bonds is 5. The van der Waals surface area contributed by atoms with Gasteiger partial charge in [0.25, 0.3) is 0 Å². The Morgan fingerprint density at radius 1 is 1.30 bits per heavy atom. The summed E-state index contributed by atoms with van der Waals surface area (Å²) in [5.74, 6) is 0.171.